The van der Waals surface area contributed by atoms with Crippen LogP contribution in [0.4, 0.5) is 0 Å². The number of ketones is 1. The number of carbonyl (C=O) groups is 1. The van der Waals surface area contributed by atoms with Crippen molar-refractivity contribution in [3.63, 3.8) is 0 Å². The van der Waals surface area contributed by atoms with E-state index in [1.807, 2.05) is 6.07 Å². The van der Waals surface area contributed by atoms with E-state index in [4.69, 9.17) is 27.6 Å². The minimum absolute atomic E-state index is 0.0152. The first-order chi connectivity index (χ1) is 12.6. The summed E-state index contributed by atoms with van der Waals surface area (Å²) in [6.07, 6.45) is 0. The average molecular weight is 366 g/mol. The molecule has 3 rings (SSSR count). The minimum atomic E-state index is -1.21. The Labute approximate surface area is 153 Å². The number of ether oxygens (including phenoxy) is 1. The van der Waals surface area contributed by atoms with Crippen molar-refractivity contribution in [3.05, 3.63) is 86.6 Å². The number of azide groups is 1. The first kappa shape index (κ1) is 17.4. The molecule has 0 spiro atoms. The van der Waals surface area contributed by atoms with Crippen molar-refractivity contribution in [2.24, 2.45) is 10.8 Å². The Morgan fingerprint density at radius 3 is 2.73 bits per heavy atom. The Bertz CT molecular complexity index is 990. The molecule has 2 unspecified atom stereocenters. The topological polar surface area (TPSA) is 125 Å². The largest absolute Gasteiger partial charge is 0.440 e. The standard InChI is InChI=1S/C18H12ClN5O2/c19-11-6-7-14-12(8-11)15(13(9-20)18(21)26-14)16(23-24-22)17(25)10-4-2-1-3-5-10/h1-8,15-16H,21H2. The van der Waals surface area contributed by atoms with Crippen LogP contribution in [-0.2, 0) is 0 Å². The van der Waals surface area contributed by atoms with Crippen LogP contribution >= 0.6 is 11.6 Å². The van der Waals surface area contributed by atoms with Crippen molar-refractivity contribution in [2.75, 3.05) is 0 Å². The number of hydrogen-bond donors (Lipinski definition) is 1. The molecule has 8 heteroatoms. The third kappa shape index (κ3) is 3.07. The number of fused-ring (bicyclic) bond motifs is 1. The monoisotopic (exact) mass is 365 g/mol. The zero-order chi connectivity index (χ0) is 18.7. The molecular formula is C18H12ClN5O2. The van der Waals surface area contributed by atoms with Gasteiger partial charge >= 0.3 is 0 Å². The van der Waals surface area contributed by atoms with Crippen LogP contribution in [0.3, 0.4) is 0 Å². The molecule has 26 heavy (non-hydrogen) atoms. The molecule has 0 aliphatic carbocycles. The lowest BCUT2D eigenvalue weighted by molar-refractivity contribution is 0.0952. The second kappa shape index (κ2) is 7.19. The second-order valence-corrected chi connectivity index (χ2v) is 5.97. The normalized spacial score (nSPS) is 16.5. The van der Waals surface area contributed by atoms with Gasteiger partial charge in [-0.1, -0.05) is 47.0 Å². The lowest BCUT2D eigenvalue weighted by Gasteiger charge is -2.29. The van der Waals surface area contributed by atoms with Crippen molar-refractivity contribution in [1.82, 2.24) is 0 Å². The summed E-state index contributed by atoms with van der Waals surface area (Å²) in [6.45, 7) is 0. The van der Waals surface area contributed by atoms with Crippen molar-refractivity contribution in [3.8, 4) is 11.8 Å². The predicted octanol–water partition coefficient (Wildman–Crippen LogP) is 4.07. The van der Waals surface area contributed by atoms with Gasteiger partial charge in [0.05, 0.1) is 5.57 Å². The molecule has 0 saturated heterocycles. The number of rotatable bonds is 4. The van der Waals surface area contributed by atoms with Crippen LogP contribution in [-0.4, -0.2) is 11.8 Å². The van der Waals surface area contributed by atoms with Gasteiger partial charge in [-0.25, -0.2) is 0 Å². The number of nitrogens with two attached hydrogens (primary N) is 1. The fourth-order valence-corrected chi connectivity index (χ4v) is 3.07. The Morgan fingerprint density at radius 2 is 2.08 bits per heavy atom. The molecule has 1 heterocycles. The van der Waals surface area contributed by atoms with Gasteiger partial charge < -0.3 is 10.5 Å². The zero-order valence-electron chi connectivity index (χ0n) is 13.3. The Hall–Kier alpha value is -3.46. The summed E-state index contributed by atoms with van der Waals surface area (Å²) >= 11 is 6.07. The van der Waals surface area contributed by atoms with Crippen LogP contribution in [0, 0.1) is 11.3 Å². The van der Waals surface area contributed by atoms with E-state index in [-0.39, 0.29) is 11.5 Å². The Kier molecular flexibility index (Phi) is 4.81. The van der Waals surface area contributed by atoms with Gasteiger partial charge in [-0.05, 0) is 23.7 Å². The highest BCUT2D eigenvalue weighted by atomic mass is 35.5. The summed E-state index contributed by atoms with van der Waals surface area (Å²) in [7, 11) is 0. The van der Waals surface area contributed by atoms with Crippen LogP contribution in [0.2, 0.25) is 5.02 Å². The maximum atomic E-state index is 13.0. The van der Waals surface area contributed by atoms with Gasteiger partial charge in [0.25, 0.3) is 0 Å². The Balaban J connectivity index is 2.19. The number of Topliss-reactive ketones (excluding diaryl/α,β-unsaturated/α-hetero) is 1. The molecule has 0 bridgehead atoms. The summed E-state index contributed by atoms with van der Waals surface area (Å²) in [5.41, 5.74) is 15.7. The zero-order valence-corrected chi connectivity index (χ0v) is 14.1. The summed E-state index contributed by atoms with van der Waals surface area (Å²) in [6, 6.07) is 13.9. The first-order valence-electron chi connectivity index (χ1n) is 7.57. The molecule has 7 nitrogen and oxygen atoms in total. The maximum absolute atomic E-state index is 13.0. The van der Waals surface area contributed by atoms with Crippen LogP contribution in [0.15, 0.2) is 65.1 Å². The average Bonchev–Trinajstić information content (AvgIpc) is 2.66. The molecular weight excluding hydrogens is 354 g/mol. The van der Waals surface area contributed by atoms with E-state index in [2.05, 4.69) is 10.0 Å². The van der Waals surface area contributed by atoms with Gasteiger partial charge in [0, 0.05) is 27.0 Å². The molecule has 0 saturated carbocycles. The lowest BCUT2D eigenvalue weighted by atomic mass is 9.80. The van der Waals surface area contributed by atoms with Crippen LogP contribution in [0.5, 0.6) is 5.75 Å². The van der Waals surface area contributed by atoms with Crippen LogP contribution in [0.25, 0.3) is 10.4 Å². The quantitative estimate of drug-likeness (QED) is 0.379. The van der Waals surface area contributed by atoms with Crippen molar-refractivity contribution in [1.29, 1.82) is 5.26 Å². The third-order valence-corrected chi connectivity index (χ3v) is 4.28. The SMILES string of the molecule is N#CC1=C(N)Oc2ccc(Cl)cc2C1C(N=[N+]=[N-])C(=O)c1ccccc1. The number of halogens is 1. The predicted molar refractivity (Wildman–Crippen MR) is 95.4 cm³/mol. The smallest absolute Gasteiger partial charge is 0.205 e. The second-order valence-electron chi connectivity index (χ2n) is 5.53. The molecule has 0 amide bonds. The number of carbonyl (C=O) groups excluding carboxylic acids is 1. The molecule has 0 fully saturated rings. The van der Waals surface area contributed by atoms with Gasteiger partial charge in [0.15, 0.2) is 5.78 Å². The minimum Gasteiger partial charge on any atom is -0.440 e. The van der Waals surface area contributed by atoms with E-state index < -0.39 is 17.7 Å². The van der Waals surface area contributed by atoms with Gasteiger partial charge in [-0.3, -0.25) is 4.79 Å². The van der Waals surface area contributed by atoms with Crippen molar-refractivity contribution >= 4 is 17.4 Å². The molecule has 128 valence electrons. The van der Waals surface area contributed by atoms with E-state index in [1.54, 1.807) is 48.5 Å². The van der Waals surface area contributed by atoms with E-state index >= 15 is 0 Å². The molecule has 2 atom stereocenters. The molecule has 2 aromatic carbocycles. The molecule has 2 aromatic rings. The van der Waals surface area contributed by atoms with Crippen LogP contribution < -0.4 is 10.5 Å². The Morgan fingerprint density at radius 1 is 1.35 bits per heavy atom. The van der Waals surface area contributed by atoms with Gasteiger partial charge in [-0.15, -0.1) is 0 Å². The van der Waals surface area contributed by atoms with E-state index in [0.717, 1.165) is 0 Å². The summed E-state index contributed by atoms with van der Waals surface area (Å²) in [5, 5.41) is 13.6. The highest BCUT2D eigenvalue weighted by Gasteiger charge is 2.39. The molecule has 2 N–H and O–H groups in total. The summed E-state index contributed by atoms with van der Waals surface area (Å²) in [5.74, 6) is -1.10. The van der Waals surface area contributed by atoms with E-state index in [0.29, 0.717) is 21.9 Å². The summed E-state index contributed by atoms with van der Waals surface area (Å²) < 4.78 is 5.46. The highest BCUT2D eigenvalue weighted by Crippen LogP contribution is 2.42. The molecule has 1 aliphatic rings. The van der Waals surface area contributed by atoms with E-state index in [9.17, 15) is 10.1 Å². The molecule has 1 aliphatic heterocycles. The lowest BCUT2D eigenvalue weighted by Crippen LogP contribution is -2.32. The van der Waals surface area contributed by atoms with Gasteiger partial charge in [0.2, 0.25) is 5.88 Å². The van der Waals surface area contributed by atoms with Crippen LogP contribution in [0.1, 0.15) is 21.8 Å². The van der Waals surface area contributed by atoms with Gasteiger partial charge in [0.1, 0.15) is 17.9 Å². The van der Waals surface area contributed by atoms with E-state index in [1.165, 1.54) is 0 Å². The van der Waals surface area contributed by atoms with Crippen molar-refractivity contribution in [2.45, 2.75) is 12.0 Å². The highest BCUT2D eigenvalue weighted by molar-refractivity contribution is 6.30. The fraction of sp³-hybridized carbons (Fsp3) is 0.111. The third-order valence-electron chi connectivity index (χ3n) is 4.04. The van der Waals surface area contributed by atoms with Gasteiger partial charge in [-0.2, -0.15) is 5.26 Å². The molecule has 0 radical (unpaired) electrons. The summed E-state index contributed by atoms with van der Waals surface area (Å²) in [4.78, 5) is 15.8. The fourth-order valence-electron chi connectivity index (χ4n) is 2.89. The number of nitriles is 1. The first-order valence-corrected chi connectivity index (χ1v) is 7.95. The number of hydrogen-bond acceptors (Lipinski definition) is 5. The number of benzene rings is 2. The van der Waals surface area contributed by atoms with Crippen molar-refractivity contribution < 1.29 is 9.53 Å². The molecule has 0 aromatic heterocycles. The number of nitrogens with zero attached hydrogens (tertiary/aromatic N) is 4. The maximum Gasteiger partial charge on any atom is 0.205 e.